The fraction of sp³-hybridized carbons (Fsp3) is 0.323. The van der Waals surface area contributed by atoms with Crippen LogP contribution in [-0.2, 0) is 59.7 Å². The Balaban J connectivity index is 1.88. The summed E-state index contributed by atoms with van der Waals surface area (Å²) in [7, 11) is 2.21. The molecule has 0 saturated carbocycles. The molecule has 0 aliphatic carbocycles. The number of unbranched alkanes of at least 4 members (excludes halogenated alkanes) is 1. The van der Waals surface area contributed by atoms with Gasteiger partial charge in [-0.1, -0.05) is 61.9 Å². The van der Waals surface area contributed by atoms with Gasteiger partial charge in [0.2, 0.25) is 11.8 Å². The molecular weight excluding hydrogens is 560 g/mol. The molecule has 4 rings (SSSR count). The molecule has 1 atom stereocenters. The first kappa shape index (κ1) is 30.8. The summed E-state index contributed by atoms with van der Waals surface area (Å²) in [5, 5.41) is 0. The second-order valence-electron chi connectivity index (χ2n) is 9.68. The third kappa shape index (κ3) is 5.81. The largest absolute Gasteiger partial charge is 0.469 e. The molecule has 2 aromatic rings. The van der Waals surface area contributed by atoms with Crippen LogP contribution in [0.25, 0.3) is 0 Å². The third-order valence-corrected chi connectivity index (χ3v) is 7.06. The summed E-state index contributed by atoms with van der Waals surface area (Å²) < 4.78 is 26.4. The van der Waals surface area contributed by atoms with Crippen molar-refractivity contribution in [3.63, 3.8) is 0 Å². The van der Waals surface area contributed by atoms with Gasteiger partial charge < -0.3 is 29.4 Å². The van der Waals surface area contributed by atoms with Crippen molar-refractivity contribution in [1.29, 1.82) is 0 Å². The lowest BCUT2D eigenvalue weighted by atomic mass is 9.67. The van der Waals surface area contributed by atoms with Gasteiger partial charge in [-0.2, -0.15) is 0 Å². The molecule has 2 aromatic carbocycles. The topological polar surface area (TPSA) is 161 Å². The van der Waals surface area contributed by atoms with Crippen molar-refractivity contribution >= 4 is 35.5 Å². The lowest BCUT2D eigenvalue weighted by Crippen LogP contribution is -2.51. The molecule has 0 bridgehead atoms. The standard InChI is InChI=1S/C31H32N2O10/c1-4-5-15-41-29(37)26-27(32)43-22(16-23(34)39-2)25(28(36)40-3)31(26)20-13-9-10-14-21(20)33(30(31)38)17-24(35)42-18-19-11-7-6-8-12-19/h6-14H,4-5,15-18,32H2,1-3H3. The number of ether oxygens (including phenoxy) is 5. The number of fused-ring (bicyclic) bond motifs is 2. The summed E-state index contributed by atoms with van der Waals surface area (Å²) in [6.07, 6.45) is 0.612. The van der Waals surface area contributed by atoms with Gasteiger partial charge in [-0.15, -0.1) is 0 Å². The van der Waals surface area contributed by atoms with Crippen LogP contribution in [0.5, 0.6) is 0 Å². The van der Waals surface area contributed by atoms with Crippen LogP contribution in [0, 0.1) is 0 Å². The quantitative estimate of drug-likeness (QED) is 0.232. The highest BCUT2D eigenvalue weighted by atomic mass is 16.6. The lowest BCUT2D eigenvalue weighted by molar-refractivity contribution is -0.144. The average Bonchev–Trinajstić information content (AvgIpc) is 3.23. The zero-order valence-electron chi connectivity index (χ0n) is 24.0. The molecule has 2 aliphatic heterocycles. The van der Waals surface area contributed by atoms with Crippen LogP contribution in [-0.4, -0.2) is 57.2 Å². The number of methoxy groups -OCH3 is 2. The van der Waals surface area contributed by atoms with Gasteiger partial charge in [0.05, 0.1) is 20.8 Å². The molecule has 1 spiro atoms. The summed E-state index contributed by atoms with van der Waals surface area (Å²) in [5.74, 6) is -5.43. The summed E-state index contributed by atoms with van der Waals surface area (Å²) >= 11 is 0. The van der Waals surface area contributed by atoms with E-state index in [0.29, 0.717) is 12.8 Å². The van der Waals surface area contributed by atoms with Crippen LogP contribution in [0.1, 0.15) is 37.3 Å². The molecular formula is C31H32N2O10. The Bertz CT molecular complexity index is 1500. The Labute approximate surface area is 248 Å². The summed E-state index contributed by atoms with van der Waals surface area (Å²) in [6.45, 7) is 1.29. The third-order valence-electron chi connectivity index (χ3n) is 7.06. The normalized spacial score (nSPS) is 17.4. The molecule has 0 saturated heterocycles. The van der Waals surface area contributed by atoms with Crippen LogP contribution >= 0.6 is 0 Å². The van der Waals surface area contributed by atoms with E-state index in [1.807, 2.05) is 13.0 Å². The number of benzene rings is 2. The summed E-state index contributed by atoms with van der Waals surface area (Å²) in [4.78, 5) is 68.3. The molecule has 2 heterocycles. The highest BCUT2D eigenvalue weighted by Gasteiger charge is 2.64. The van der Waals surface area contributed by atoms with E-state index in [1.165, 1.54) is 6.07 Å². The minimum Gasteiger partial charge on any atom is -0.469 e. The fourth-order valence-electron chi connectivity index (χ4n) is 5.09. The van der Waals surface area contributed by atoms with Crippen molar-refractivity contribution in [3.8, 4) is 0 Å². The first-order valence-electron chi connectivity index (χ1n) is 13.6. The fourth-order valence-corrected chi connectivity index (χ4v) is 5.09. The molecule has 12 nitrogen and oxygen atoms in total. The van der Waals surface area contributed by atoms with Gasteiger partial charge in [0, 0.05) is 11.3 Å². The number of para-hydroxylation sites is 1. The first-order chi connectivity index (χ1) is 20.7. The second-order valence-corrected chi connectivity index (χ2v) is 9.68. The predicted molar refractivity (Wildman–Crippen MR) is 151 cm³/mol. The van der Waals surface area contributed by atoms with E-state index in [0.717, 1.165) is 24.7 Å². The highest BCUT2D eigenvalue weighted by molar-refractivity contribution is 6.23. The van der Waals surface area contributed by atoms with Crippen molar-refractivity contribution in [2.24, 2.45) is 5.73 Å². The molecule has 12 heteroatoms. The van der Waals surface area contributed by atoms with Crippen LogP contribution in [0.3, 0.4) is 0 Å². The van der Waals surface area contributed by atoms with Gasteiger partial charge in [0.25, 0.3) is 0 Å². The van der Waals surface area contributed by atoms with Crippen molar-refractivity contribution in [3.05, 3.63) is 88.5 Å². The SMILES string of the molecule is CCCCOC(=O)C1=C(N)OC(CC(=O)OC)=C(C(=O)OC)C12C(=O)N(CC(=O)OCc1ccccc1)c1ccccc12. The molecule has 0 aromatic heterocycles. The number of carbonyl (C=O) groups excluding carboxylic acids is 5. The second kappa shape index (κ2) is 13.2. The maximum Gasteiger partial charge on any atom is 0.341 e. The van der Waals surface area contributed by atoms with Gasteiger partial charge in [-0.05, 0) is 18.1 Å². The molecule has 2 aliphatic rings. The first-order valence-corrected chi connectivity index (χ1v) is 13.6. The number of nitrogens with two attached hydrogens (primary N) is 1. The Hall–Kier alpha value is -5.13. The zero-order valence-corrected chi connectivity index (χ0v) is 24.0. The zero-order chi connectivity index (χ0) is 31.1. The predicted octanol–water partition coefficient (Wildman–Crippen LogP) is 2.55. The van der Waals surface area contributed by atoms with E-state index < -0.39 is 65.2 Å². The van der Waals surface area contributed by atoms with Gasteiger partial charge in [-0.25, -0.2) is 9.59 Å². The van der Waals surface area contributed by atoms with E-state index in [9.17, 15) is 24.0 Å². The number of nitrogens with zero attached hydrogens (tertiary/aromatic N) is 1. The smallest absolute Gasteiger partial charge is 0.341 e. The Morgan fingerprint density at radius 1 is 0.884 bits per heavy atom. The van der Waals surface area contributed by atoms with Crippen molar-refractivity contribution in [2.75, 3.05) is 32.3 Å². The van der Waals surface area contributed by atoms with Gasteiger partial charge in [-0.3, -0.25) is 19.3 Å². The molecule has 43 heavy (non-hydrogen) atoms. The van der Waals surface area contributed by atoms with Crippen LogP contribution in [0.2, 0.25) is 0 Å². The van der Waals surface area contributed by atoms with E-state index in [1.54, 1.807) is 42.5 Å². The maximum absolute atomic E-state index is 14.7. The average molecular weight is 593 g/mol. The number of esters is 4. The molecule has 1 unspecified atom stereocenters. The van der Waals surface area contributed by atoms with E-state index in [4.69, 9.17) is 29.4 Å². The van der Waals surface area contributed by atoms with E-state index in [2.05, 4.69) is 0 Å². The Morgan fingerprint density at radius 2 is 1.58 bits per heavy atom. The number of hydrogen-bond acceptors (Lipinski definition) is 11. The summed E-state index contributed by atoms with van der Waals surface area (Å²) in [6, 6.07) is 15.2. The van der Waals surface area contributed by atoms with Crippen LogP contribution in [0.15, 0.2) is 77.4 Å². The number of hydrogen-bond donors (Lipinski definition) is 1. The van der Waals surface area contributed by atoms with E-state index in [-0.39, 0.29) is 30.2 Å². The van der Waals surface area contributed by atoms with Crippen molar-refractivity contribution < 1.29 is 47.7 Å². The molecule has 0 radical (unpaired) electrons. The number of anilines is 1. The lowest BCUT2D eigenvalue weighted by Gasteiger charge is -2.36. The van der Waals surface area contributed by atoms with Crippen LogP contribution < -0.4 is 10.6 Å². The van der Waals surface area contributed by atoms with Crippen molar-refractivity contribution in [1.82, 2.24) is 0 Å². The molecule has 1 amide bonds. The van der Waals surface area contributed by atoms with Gasteiger partial charge >= 0.3 is 23.9 Å². The number of amides is 1. The Morgan fingerprint density at radius 3 is 2.26 bits per heavy atom. The summed E-state index contributed by atoms with van der Waals surface area (Å²) in [5.41, 5.74) is 4.14. The Kier molecular flexibility index (Phi) is 9.49. The highest BCUT2D eigenvalue weighted by Crippen LogP contribution is 2.55. The molecule has 0 fully saturated rings. The van der Waals surface area contributed by atoms with Crippen LogP contribution in [0.4, 0.5) is 5.69 Å². The molecule has 226 valence electrons. The number of carbonyl (C=O) groups is 5. The van der Waals surface area contributed by atoms with Crippen molar-refractivity contribution in [2.45, 2.75) is 38.2 Å². The van der Waals surface area contributed by atoms with Gasteiger partial charge in [0.1, 0.15) is 41.9 Å². The number of rotatable bonds is 11. The van der Waals surface area contributed by atoms with E-state index >= 15 is 0 Å². The van der Waals surface area contributed by atoms with Gasteiger partial charge in [0.15, 0.2) is 0 Å². The minimum atomic E-state index is -2.28. The molecule has 2 N–H and O–H groups in total. The maximum atomic E-state index is 14.7. The minimum absolute atomic E-state index is 0.000152. The monoisotopic (exact) mass is 592 g/mol.